The molecule has 0 spiro atoms. The summed E-state index contributed by atoms with van der Waals surface area (Å²) in [6, 6.07) is 5.81. The topological polar surface area (TPSA) is 29.3 Å². The van der Waals surface area contributed by atoms with Gasteiger partial charge in [-0.2, -0.15) is 0 Å². The Morgan fingerprint density at radius 3 is 2.71 bits per heavy atom. The minimum atomic E-state index is 0.646. The molecule has 3 heteroatoms. The lowest BCUT2D eigenvalue weighted by Crippen LogP contribution is -2.18. The fourth-order valence-corrected chi connectivity index (χ4v) is 1.64. The van der Waals surface area contributed by atoms with Gasteiger partial charge in [0.25, 0.3) is 0 Å². The Bertz CT molecular complexity index is 299. The zero-order chi connectivity index (χ0) is 10.6. The maximum atomic E-state index is 5.93. The van der Waals surface area contributed by atoms with E-state index in [1.807, 2.05) is 18.2 Å². The molecule has 0 aliphatic carbocycles. The molecule has 0 aliphatic rings. The first-order valence-electron chi connectivity index (χ1n) is 4.86. The zero-order valence-electron chi connectivity index (χ0n) is 8.76. The molecule has 0 radical (unpaired) electrons. The van der Waals surface area contributed by atoms with Gasteiger partial charge in [0.2, 0.25) is 0 Å². The molecule has 14 heavy (non-hydrogen) atoms. The number of anilines is 1. The number of hydrogen-bond donors (Lipinski definition) is 1. The lowest BCUT2D eigenvalue weighted by atomic mass is 10.2. The predicted octanol–water partition coefficient (Wildman–Crippen LogP) is 2.76. The Hall–Kier alpha value is -0.730. The highest BCUT2D eigenvalue weighted by Gasteiger charge is 2.01. The number of nitrogens with two attached hydrogens (primary N) is 1. The molecule has 0 atom stereocenters. The molecule has 0 heterocycles. The number of halogens is 1. The van der Waals surface area contributed by atoms with Crippen LogP contribution in [0.1, 0.15) is 18.9 Å². The Kier molecular flexibility index (Phi) is 4.23. The van der Waals surface area contributed by atoms with E-state index in [4.69, 9.17) is 17.3 Å². The zero-order valence-corrected chi connectivity index (χ0v) is 9.51. The second kappa shape index (κ2) is 5.23. The number of benzene rings is 1. The first kappa shape index (κ1) is 11.3. The van der Waals surface area contributed by atoms with Gasteiger partial charge in [-0.15, -0.1) is 0 Å². The van der Waals surface area contributed by atoms with Crippen LogP contribution >= 0.6 is 11.6 Å². The summed E-state index contributed by atoms with van der Waals surface area (Å²) in [5.41, 5.74) is 7.49. The monoisotopic (exact) mass is 212 g/mol. The summed E-state index contributed by atoms with van der Waals surface area (Å²) >= 11 is 5.93. The fraction of sp³-hybridized carbons (Fsp3) is 0.455. The first-order chi connectivity index (χ1) is 6.63. The second-order valence-corrected chi connectivity index (χ2v) is 4.00. The summed E-state index contributed by atoms with van der Waals surface area (Å²) in [7, 11) is 2.10. The van der Waals surface area contributed by atoms with E-state index in [2.05, 4.69) is 18.9 Å². The van der Waals surface area contributed by atoms with Crippen molar-refractivity contribution in [2.24, 2.45) is 0 Å². The molecule has 0 unspecified atom stereocenters. The van der Waals surface area contributed by atoms with Crippen molar-refractivity contribution in [3.8, 4) is 0 Å². The largest absolute Gasteiger partial charge is 0.398 e. The molecule has 1 aromatic rings. The molecule has 78 valence electrons. The van der Waals surface area contributed by atoms with E-state index in [1.54, 1.807) is 0 Å². The molecule has 0 aromatic heterocycles. The van der Waals surface area contributed by atoms with Crippen molar-refractivity contribution in [2.45, 2.75) is 19.9 Å². The Morgan fingerprint density at radius 2 is 2.14 bits per heavy atom. The van der Waals surface area contributed by atoms with E-state index in [9.17, 15) is 0 Å². The van der Waals surface area contributed by atoms with Crippen LogP contribution in [0.2, 0.25) is 5.02 Å². The average molecular weight is 213 g/mol. The number of nitrogens with zero attached hydrogens (tertiary/aromatic N) is 1. The molecule has 0 bridgehead atoms. The highest BCUT2D eigenvalue weighted by molar-refractivity contribution is 6.33. The van der Waals surface area contributed by atoms with Gasteiger partial charge in [0, 0.05) is 6.54 Å². The summed E-state index contributed by atoms with van der Waals surface area (Å²) in [6.07, 6.45) is 1.17. The molecule has 1 aromatic carbocycles. The molecule has 1 rings (SSSR count). The fourth-order valence-electron chi connectivity index (χ4n) is 1.44. The van der Waals surface area contributed by atoms with Crippen LogP contribution in [-0.4, -0.2) is 18.5 Å². The van der Waals surface area contributed by atoms with Gasteiger partial charge in [-0.1, -0.05) is 24.6 Å². The molecule has 0 saturated heterocycles. The third-order valence-electron chi connectivity index (χ3n) is 2.12. The van der Waals surface area contributed by atoms with Crippen LogP contribution in [0.3, 0.4) is 0 Å². The van der Waals surface area contributed by atoms with Crippen LogP contribution in [0.5, 0.6) is 0 Å². The quantitative estimate of drug-likeness (QED) is 0.778. The van der Waals surface area contributed by atoms with Gasteiger partial charge < -0.3 is 10.6 Å². The van der Waals surface area contributed by atoms with Crippen LogP contribution in [-0.2, 0) is 6.54 Å². The lowest BCUT2D eigenvalue weighted by molar-refractivity contribution is 0.327. The highest BCUT2D eigenvalue weighted by atomic mass is 35.5. The third-order valence-corrected chi connectivity index (χ3v) is 2.45. The summed E-state index contributed by atoms with van der Waals surface area (Å²) in [5.74, 6) is 0. The van der Waals surface area contributed by atoms with E-state index in [0.29, 0.717) is 10.7 Å². The highest BCUT2D eigenvalue weighted by Crippen LogP contribution is 2.20. The van der Waals surface area contributed by atoms with Gasteiger partial charge in [-0.25, -0.2) is 0 Å². The van der Waals surface area contributed by atoms with Crippen LogP contribution < -0.4 is 5.73 Å². The smallest absolute Gasteiger partial charge is 0.0638 e. The van der Waals surface area contributed by atoms with Gasteiger partial charge >= 0.3 is 0 Å². The summed E-state index contributed by atoms with van der Waals surface area (Å²) in [6.45, 7) is 4.20. The van der Waals surface area contributed by atoms with Gasteiger partial charge in [0.05, 0.1) is 10.7 Å². The molecular weight excluding hydrogens is 196 g/mol. The maximum absolute atomic E-state index is 5.93. The van der Waals surface area contributed by atoms with E-state index in [0.717, 1.165) is 13.1 Å². The second-order valence-electron chi connectivity index (χ2n) is 3.59. The van der Waals surface area contributed by atoms with E-state index in [1.165, 1.54) is 12.0 Å². The standard InChI is InChI=1S/C11H17ClN2/c1-3-6-14(2)8-9-4-5-11(13)10(12)7-9/h4-5,7H,3,6,8,13H2,1-2H3. The molecule has 0 saturated carbocycles. The van der Waals surface area contributed by atoms with Crippen LogP contribution in [0.4, 0.5) is 5.69 Å². The van der Waals surface area contributed by atoms with E-state index in [-0.39, 0.29) is 0 Å². The van der Waals surface area contributed by atoms with Crippen molar-refractivity contribution in [3.05, 3.63) is 28.8 Å². The minimum Gasteiger partial charge on any atom is -0.398 e. The van der Waals surface area contributed by atoms with Crippen molar-refractivity contribution in [1.29, 1.82) is 0 Å². The SMILES string of the molecule is CCCN(C)Cc1ccc(N)c(Cl)c1. The van der Waals surface area contributed by atoms with Crippen LogP contribution in [0.15, 0.2) is 18.2 Å². The normalized spacial score (nSPS) is 10.9. The van der Waals surface area contributed by atoms with E-state index >= 15 is 0 Å². The van der Waals surface area contributed by atoms with Crippen molar-refractivity contribution < 1.29 is 0 Å². The van der Waals surface area contributed by atoms with Crippen molar-refractivity contribution in [3.63, 3.8) is 0 Å². The number of nitrogen functional groups attached to an aromatic ring is 1. The van der Waals surface area contributed by atoms with Crippen molar-refractivity contribution in [2.75, 3.05) is 19.3 Å². The molecular formula is C11H17ClN2. The maximum Gasteiger partial charge on any atom is 0.0638 e. The summed E-state index contributed by atoms with van der Waals surface area (Å²) < 4.78 is 0. The van der Waals surface area contributed by atoms with Crippen LogP contribution in [0.25, 0.3) is 0 Å². The van der Waals surface area contributed by atoms with Gasteiger partial charge in [0.15, 0.2) is 0 Å². The Labute approximate surface area is 90.7 Å². The van der Waals surface area contributed by atoms with Crippen LogP contribution in [0, 0.1) is 0 Å². The molecule has 2 nitrogen and oxygen atoms in total. The summed E-state index contributed by atoms with van der Waals surface area (Å²) in [5, 5.41) is 0.646. The Balaban J connectivity index is 2.63. The first-order valence-corrected chi connectivity index (χ1v) is 5.23. The van der Waals surface area contributed by atoms with Gasteiger partial charge in [-0.3, -0.25) is 0 Å². The minimum absolute atomic E-state index is 0.646. The average Bonchev–Trinajstić information content (AvgIpc) is 2.12. The molecule has 0 aliphatic heterocycles. The van der Waals surface area contributed by atoms with Crippen molar-refractivity contribution >= 4 is 17.3 Å². The van der Waals surface area contributed by atoms with Gasteiger partial charge in [0.1, 0.15) is 0 Å². The van der Waals surface area contributed by atoms with Gasteiger partial charge in [-0.05, 0) is 37.7 Å². The van der Waals surface area contributed by atoms with E-state index < -0.39 is 0 Å². The Morgan fingerprint density at radius 1 is 1.43 bits per heavy atom. The molecule has 0 amide bonds. The number of rotatable bonds is 4. The summed E-state index contributed by atoms with van der Waals surface area (Å²) in [4.78, 5) is 2.27. The lowest BCUT2D eigenvalue weighted by Gasteiger charge is -2.15. The molecule has 2 N–H and O–H groups in total. The number of hydrogen-bond acceptors (Lipinski definition) is 2. The third kappa shape index (κ3) is 3.20. The van der Waals surface area contributed by atoms with Crippen molar-refractivity contribution in [1.82, 2.24) is 4.90 Å². The molecule has 0 fully saturated rings. The predicted molar refractivity (Wildman–Crippen MR) is 62.5 cm³/mol.